The summed E-state index contributed by atoms with van der Waals surface area (Å²) in [6, 6.07) is 15.4. The molecule has 0 radical (unpaired) electrons. The van der Waals surface area contributed by atoms with Crippen molar-refractivity contribution in [2.24, 2.45) is 0 Å². The summed E-state index contributed by atoms with van der Waals surface area (Å²) >= 11 is 1.54. The summed E-state index contributed by atoms with van der Waals surface area (Å²) in [5.41, 5.74) is 0.129. The zero-order valence-electron chi connectivity index (χ0n) is 14.1. The van der Waals surface area contributed by atoms with Gasteiger partial charge in [-0.25, -0.2) is 4.79 Å². The number of nitro benzene ring substituents is 1. The first kappa shape index (κ1) is 19.4. The molecule has 26 heavy (non-hydrogen) atoms. The molecule has 7 heteroatoms. The smallest absolute Gasteiger partial charge is 0.341 e. The van der Waals surface area contributed by atoms with E-state index >= 15 is 0 Å². The number of ketones is 1. The average Bonchev–Trinajstić information content (AvgIpc) is 2.64. The van der Waals surface area contributed by atoms with Crippen molar-refractivity contribution in [1.82, 2.24) is 0 Å². The van der Waals surface area contributed by atoms with E-state index in [2.05, 4.69) is 0 Å². The Balaban J connectivity index is 1.99. The van der Waals surface area contributed by atoms with Gasteiger partial charge in [0.2, 0.25) is 0 Å². The molecule has 2 aromatic rings. The molecule has 0 saturated carbocycles. The standard InChI is InChI=1S/C19H17NO5S/c1-14(21)18(13-15-6-5-7-16(12-15)20(23)24)19(22)25-10-11-26-17-8-3-2-4-9-17/h2-9,12-13H,10-11H2,1H3. The van der Waals surface area contributed by atoms with Crippen LogP contribution in [0.4, 0.5) is 5.69 Å². The molecule has 0 unspecified atom stereocenters. The van der Waals surface area contributed by atoms with Gasteiger partial charge < -0.3 is 4.74 Å². The fourth-order valence-corrected chi connectivity index (χ4v) is 2.84. The molecule has 0 saturated heterocycles. The normalized spacial score (nSPS) is 11.0. The zero-order chi connectivity index (χ0) is 18.9. The Kier molecular flexibility index (Phi) is 7.11. The molecule has 2 rings (SSSR count). The second kappa shape index (κ2) is 9.53. The van der Waals surface area contributed by atoms with Crippen molar-refractivity contribution in [3.05, 3.63) is 75.8 Å². The third-order valence-corrected chi connectivity index (χ3v) is 4.30. The predicted molar refractivity (Wildman–Crippen MR) is 99.9 cm³/mol. The second-order valence-corrected chi connectivity index (χ2v) is 6.43. The summed E-state index contributed by atoms with van der Waals surface area (Å²) in [7, 11) is 0. The van der Waals surface area contributed by atoms with Crippen molar-refractivity contribution in [2.75, 3.05) is 12.4 Å². The lowest BCUT2D eigenvalue weighted by molar-refractivity contribution is -0.384. The highest BCUT2D eigenvalue weighted by atomic mass is 32.2. The van der Waals surface area contributed by atoms with Crippen molar-refractivity contribution in [1.29, 1.82) is 0 Å². The summed E-state index contributed by atoms with van der Waals surface area (Å²) < 4.78 is 5.15. The lowest BCUT2D eigenvalue weighted by Crippen LogP contribution is -2.15. The number of carbonyl (C=O) groups excluding carboxylic acids is 2. The molecule has 0 N–H and O–H groups in total. The molecule has 134 valence electrons. The Morgan fingerprint density at radius 2 is 1.88 bits per heavy atom. The predicted octanol–water partition coefficient (Wildman–Crippen LogP) is 3.90. The van der Waals surface area contributed by atoms with E-state index in [0.717, 1.165) is 4.90 Å². The number of hydrogen-bond acceptors (Lipinski definition) is 6. The number of esters is 1. The number of nitrogens with zero attached hydrogens (tertiary/aromatic N) is 1. The summed E-state index contributed by atoms with van der Waals surface area (Å²) in [5.74, 6) is -0.646. The molecule has 0 heterocycles. The van der Waals surface area contributed by atoms with Crippen LogP contribution in [0, 0.1) is 10.1 Å². The Morgan fingerprint density at radius 3 is 2.54 bits per heavy atom. The fraction of sp³-hybridized carbons (Fsp3) is 0.158. The van der Waals surface area contributed by atoms with Crippen LogP contribution in [0.3, 0.4) is 0 Å². The minimum atomic E-state index is -0.738. The van der Waals surface area contributed by atoms with E-state index < -0.39 is 16.7 Å². The summed E-state index contributed by atoms with van der Waals surface area (Å²) in [5, 5.41) is 10.8. The van der Waals surface area contributed by atoms with Gasteiger partial charge in [0.25, 0.3) is 5.69 Å². The number of rotatable bonds is 8. The second-order valence-electron chi connectivity index (χ2n) is 5.26. The molecular formula is C19H17NO5S. The van der Waals surface area contributed by atoms with E-state index in [4.69, 9.17) is 4.74 Å². The topological polar surface area (TPSA) is 86.5 Å². The van der Waals surface area contributed by atoms with Gasteiger partial charge in [0.1, 0.15) is 12.2 Å². The van der Waals surface area contributed by atoms with Crippen LogP contribution in [-0.2, 0) is 14.3 Å². The van der Waals surface area contributed by atoms with Gasteiger partial charge >= 0.3 is 5.97 Å². The van der Waals surface area contributed by atoms with E-state index in [1.807, 2.05) is 30.3 Å². The minimum Gasteiger partial charge on any atom is -0.461 e. The van der Waals surface area contributed by atoms with Gasteiger partial charge in [-0.15, -0.1) is 11.8 Å². The number of hydrogen-bond donors (Lipinski definition) is 0. The van der Waals surface area contributed by atoms with E-state index in [1.165, 1.54) is 43.0 Å². The molecule has 0 aliphatic carbocycles. The third kappa shape index (κ3) is 5.86. The van der Waals surface area contributed by atoms with Crippen LogP contribution in [-0.4, -0.2) is 29.0 Å². The van der Waals surface area contributed by atoms with Gasteiger partial charge in [-0.1, -0.05) is 30.3 Å². The van der Waals surface area contributed by atoms with Gasteiger partial charge in [0, 0.05) is 22.8 Å². The molecule has 0 spiro atoms. The molecule has 0 atom stereocenters. The van der Waals surface area contributed by atoms with Crippen LogP contribution in [0.5, 0.6) is 0 Å². The van der Waals surface area contributed by atoms with Crippen LogP contribution in [0.15, 0.2) is 65.1 Å². The zero-order valence-corrected chi connectivity index (χ0v) is 14.9. The number of benzene rings is 2. The van der Waals surface area contributed by atoms with E-state index in [9.17, 15) is 19.7 Å². The Labute approximate surface area is 155 Å². The van der Waals surface area contributed by atoms with Crippen molar-refractivity contribution >= 4 is 35.3 Å². The summed E-state index contributed by atoms with van der Waals surface area (Å²) in [4.78, 5) is 35.3. The van der Waals surface area contributed by atoms with E-state index in [1.54, 1.807) is 6.07 Å². The van der Waals surface area contributed by atoms with Crippen molar-refractivity contribution in [2.45, 2.75) is 11.8 Å². The van der Waals surface area contributed by atoms with E-state index in [-0.39, 0.29) is 17.9 Å². The highest BCUT2D eigenvalue weighted by molar-refractivity contribution is 7.99. The first-order chi connectivity index (χ1) is 12.5. The molecule has 0 aliphatic heterocycles. The molecule has 0 fully saturated rings. The SMILES string of the molecule is CC(=O)C(=Cc1cccc([N+](=O)[O-])c1)C(=O)OCCSc1ccccc1. The highest BCUT2D eigenvalue weighted by Crippen LogP contribution is 2.18. The van der Waals surface area contributed by atoms with Gasteiger partial charge in [-0.2, -0.15) is 0 Å². The maximum Gasteiger partial charge on any atom is 0.341 e. The Morgan fingerprint density at radius 1 is 1.15 bits per heavy atom. The number of Topliss-reactive ketones (excluding diaryl/α,β-unsaturated/α-hetero) is 1. The fourth-order valence-electron chi connectivity index (χ4n) is 2.09. The summed E-state index contributed by atoms with van der Waals surface area (Å²) in [6.45, 7) is 1.40. The largest absolute Gasteiger partial charge is 0.461 e. The molecule has 0 aliphatic rings. The van der Waals surface area contributed by atoms with Crippen LogP contribution < -0.4 is 0 Å². The van der Waals surface area contributed by atoms with Gasteiger partial charge in [0.05, 0.1) is 4.92 Å². The van der Waals surface area contributed by atoms with Crippen LogP contribution >= 0.6 is 11.8 Å². The lowest BCUT2D eigenvalue weighted by Gasteiger charge is -2.06. The number of ether oxygens (including phenoxy) is 1. The minimum absolute atomic E-state index is 0.116. The number of non-ortho nitro benzene ring substituents is 1. The molecule has 2 aromatic carbocycles. The van der Waals surface area contributed by atoms with Crippen molar-refractivity contribution in [3.8, 4) is 0 Å². The van der Waals surface area contributed by atoms with Gasteiger partial charge in [-0.3, -0.25) is 14.9 Å². The average molecular weight is 371 g/mol. The number of nitro groups is 1. The molecule has 0 bridgehead atoms. The Bertz CT molecular complexity index is 833. The highest BCUT2D eigenvalue weighted by Gasteiger charge is 2.17. The summed E-state index contributed by atoms with van der Waals surface area (Å²) in [6.07, 6.45) is 1.31. The molecular weight excluding hydrogens is 354 g/mol. The van der Waals surface area contributed by atoms with Crippen LogP contribution in [0.1, 0.15) is 12.5 Å². The van der Waals surface area contributed by atoms with Crippen LogP contribution in [0.2, 0.25) is 0 Å². The van der Waals surface area contributed by atoms with Crippen LogP contribution in [0.25, 0.3) is 6.08 Å². The molecule has 0 amide bonds. The number of carbonyl (C=O) groups is 2. The maximum absolute atomic E-state index is 12.2. The van der Waals surface area contributed by atoms with Gasteiger partial charge in [-0.05, 0) is 30.7 Å². The van der Waals surface area contributed by atoms with E-state index in [0.29, 0.717) is 11.3 Å². The lowest BCUT2D eigenvalue weighted by atomic mass is 10.1. The van der Waals surface area contributed by atoms with Crippen molar-refractivity contribution in [3.63, 3.8) is 0 Å². The van der Waals surface area contributed by atoms with Crippen molar-refractivity contribution < 1.29 is 19.2 Å². The van der Waals surface area contributed by atoms with Gasteiger partial charge in [0.15, 0.2) is 5.78 Å². The maximum atomic E-state index is 12.2. The molecule has 0 aromatic heterocycles. The first-order valence-electron chi connectivity index (χ1n) is 7.79. The first-order valence-corrected chi connectivity index (χ1v) is 8.78. The monoisotopic (exact) mass is 371 g/mol. The molecule has 6 nitrogen and oxygen atoms in total. The number of thioether (sulfide) groups is 1. The quantitative estimate of drug-likeness (QED) is 0.102. The third-order valence-electron chi connectivity index (χ3n) is 3.32. The Hall–Kier alpha value is -2.93.